The molecule has 0 radical (unpaired) electrons. The highest BCUT2D eigenvalue weighted by molar-refractivity contribution is 5.93. The molecular weight excluding hydrogens is 250 g/mol. The number of imidazole rings is 1. The summed E-state index contributed by atoms with van der Waals surface area (Å²) in [5.41, 5.74) is 0.557. The number of fused-ring (bicyclic) bond motifs is 1. The predicted molar refractivity (Wildman–Crippen MR) is 68.5 cm³/mol. The molecule has 0 aromatic carbocycles. The Morgan fingerprint density at radius 1 is 1.58 bits per heavy atom. The van der Waals surface area contributed by atoms with Crippen LogP contribution in [0.3, 0.4) is 0 Å². The van der Waals surface area contributed by atoms with Gasteiger partial charge in [0.2, 0.25) is 0 Å². The van der Waals surface area contributed by atoms with E-state index < -0.39 is 12.0 Å². The van der Waals surface area contributed by atoms with Gasteiger partial charge in [-0.3, -0.25) is 4.40 Å². The first-order chi connectivity index (χ1) is 9.17. The average molecular weight is 265 g/mol. The van der Waals surface area contributed by atoms with Crippen LogP contribution in [0.2, 0.25) is 0 Å². The van der Waals surface area contributed by atoms with Crippen LogP contribution in [0.1, 0.15) is 10.5 Å². The Labute approximate surface area is 109 Å². The van der Waals surface area contributed by atoms with E-state index in [4.69, 9.17) is 4.74 Å². The summed E-state index contributed by atoms with van der Waals surface area (Å²) in [4.78, 5) is 15.5. The lowest BCUT2D eigenvalue weighted by Crippen LogP contribution is -2.29. The van der Waals surface area contributed by atoms with Crippen LogP contribution >= 0.6 is 0 Å². The fourth-order valence-corrected chi connectivity index (χ4v) is 1.84. The molecule has 7 nitrogen and oxygen atoms in total. The highest BCUT2D eigenvalue weighted by atomic mass is 16.5. The molecule has 0 aliphatic heterocycles. The van der Waals surface area contributed by atoms with Gasteiger partial charge in [-0.2, -0.15) is 0 Å². The number of nitrogens with one attached hydrogen (secondary N) is 1. The number of methoxy groups -OCH3 is 1. The first kappa shape index (κ1) is 13.3. The van der Waals surface area contributed by atoms with Gasteiger partial charge >= 0.3 is 5.97 Å². The normalized spacial score (nSPS) is 12.5. The Bertz CT molecular complexity index is 581. The van der Waals surface area contributed by atoms with Crippen LogP contribution in [0, 0.1) is 0 Å². The first-order valence-corrected chi connectivity index (χ1v) is 5.74. The second-order valence-corrected chi connectivity index (χ2v) is 4.02. The number of anilines is 1. The number of hydrogen-bond acceptors (Lipinski definition) is 5. The average Bonchev–Trinajstić information content (AvgIpc) is 2.76. The molecule has 0 aliphatic carbocycles. The zero-order valence-corrected chi connectivity index (χ0v) is 10.4. The van der Waals surface area contributed by atoms with Crippen molar-refractivity contribution < 1.29 is 19.7 Å². The Morgan fingerprint density at radius 3 is 3.00 bits per heavy atom. The van der Waals surface area contributed by atoms with E-state index in [0.29, 0.717) is 5.65 Å². The zero-order chi connectivity index (χ0) is 13.8. The number of aliphatic hydroxyl groups is 1. The molecule has 2 aromatic heterocycles. The fraction of sp³-hybridized carbons (Fsp3) is 0.333. The molecule has 2 heterocycles. The van der Waals surface area contributed by atoms with Crippen molar-refractivity contribution in [1.29, 1.82) is 0 Å². The van der Waals surface area contributed by atoms with Gasteiger partial charge in [-0.25, -0.2) is 9.78 Å². The summed E-state index contributed by atoms with van der Waals surface area (Å²) in [7, 11) is 1.51. The number of aliphatic hydroxyl groups excluding tert-OH is 1. The molecule has 0 aliphatic rings. The van der Waals surface area contributed by atoms with Crippen LogP contribution < -0.4 is 5.32 Å². The van der Waals surface area contributed by atoms with Crippen LogP contribution in [0.5, 0.6) is 0 Å². The number of ether oxygens (including phenoxy) is 1. The van der Waals surface area contributed by atoms with E-state index in [-0.39, 0.29) is 24.7 Å². The number of carboxylic acids is 1. The third-order valence-electron chi connectivity index (χ3n) is 2.66. The zero-order valence-electron chi connectivity index (χ0n) is 10.4. The molecular formula is C12H15N3O4. The van der Waals surface area contributed by atoms with Crippen molar-refractivity contribution in [3.05, 3.63) is 30.1 Å². The van der Waals surface area contributed by atoms with E-state index in [1.165, 1.54) is 11.5 Å². The largest absolute Gasteiger partial charge is 0.476 e. The van der Waals surface area contributed by atoms with Gasteiger partial charge in [0.1, 0.15) is 5.65 Å². The number of rotatable bonds is 6. The Hall–Kier alpha value is -2.12. The van der Waals surface area contributed by atoms with Crippen molar-refractivity contribution in [2.24, 2.45) is 0 Å². The van der Waals surface area contributed by atoms with Crippen LogP contribution in [-0.2, 0) is 4.74 Å². The van der Waals surface area contributed by atoms with Crippen molar-refractivity contribution >= 4 is 17.4 Å². The molecule has 102 valence electrons. The van der Waals surface area contributed by atoms with Crippen molar-refractivity contribution in [3.8, 4) is 0 Å². The minimum Gasteiger partial charge on any atom is -0.476 e. The van der Waals surface area contributed by atoms with E-state index in [0.717, 1.165) is 0 Å². The van der Waals surface area contributed by atoms with Crippen molar-refractivity contribution in [3.63, 3.8) is 0 Å². The summed E-state index contributed by atoms with van der Waals surface area (Å²) in [6.45, 7) is 0.0736. The maximum Gasteiger partial charge on any atom is 0.356 e. The van der Waals surface area contributed by atoms with E-state index in [1.807, 2.05) is 0 Å². The van der Waals surface area contributed by atoms with Gasteiger partial charge in [0.25, 0.3) is 0 Å². The van der Waals surface area contributed by atoms with Crippen molar-refractivity contribution in [1.82, 2.24) is 9.38 Å². The maximum atomic E-state index is 11.3. The monoisotopic (exact) mass is 265 g/mol. The lowest BCUT2D eigenvalue weighted by atomic mass is 10.3. The Balaban J connectivity index is 2.41. The Morgan fingerprint density at radius 2 is 2.37 bits per heavy atom. The first-order valence-electron chi connectivity index (χ1n) is 5.74. The molecule has 2 aromatic rings. The standard InChI is InChI=1S/C12H15N3O4/c1-19-7-8(6-16)13-11-10(12(17)18)15-5-3-2-4-9(15)14-11/h2-5,8,13,16H,6-7H2,1H3,(H,17,18). The third kappa shape index (κ3) is 2.67. The van der Waals surface area contributed by atoms with Gasteiger partial charge in [-0.15, -0.1) is 0 Å². The third-order valence-corrected chi connectivity index (χ3v) is 2.66. The van der Waals surface area contributed by atoms with Gasteiger partial charge in [-0.05, 0) is 12.1 Å². The van der Waals surface area contributed by atoms with Gasteiger partial charge in [-0.1, -0.05) is 6.07 Å². The number of pyridine rings is 1. The van der Waals surface area contributed by atoms with Crippen LogP contribution in [0.4, 0.5) is 5.82 Å². The van der Waals surface area contributed by atoms with E-state index >= 15 is 0 Å². The maximum absolute atomic E-state index is 11.3. The summed E-state index contributed by atoms with van der Waals surface area (Å²) in [5.74, 6) is -0.870. The molecule has 0 saturated carbocycles. The molecule has 0 fully saturated rings. The van der Waals surface area contributed by atoms with Crippen molar-refractivity contribution in [2.75, 3.05) is 25.6 Å². The van der Waals surface area contributed by atoms with Gasteiger partial charge in [0.15, 0.2) is 11.5 Å². The second kappa shape index (κ2) is 5.68. The van der Waals surface area contributed by atoms with Gasteiger partial charge in [0, 0.05) is 13.3 Å². The summed E-state index contributed by atoms with van der Waals surface area (Å²) >= 11 is 0. The van der Waals surface area contributed by atoms with Gasteiger partial charge in [0.05, 0.1) is 19.3 Å². The molecule has 0 saturated heterocycles. The summed E-state index contributed by atoms with van der Waals surface area (Å²) in [5, 5.41) is 21.4. The number of aromatic carboxylic acids is 1. The number of aromatic nitrogens is 2. The smallest absolute Gasteiger partial charge is 0.356 e. The number of carboxylic acid groups (broad SMARTS) is 1. The van der Waals surface area contributed by atoms with E-state index in [1.54, 1.807) is 24.4 Å². The minimum absolute atomic E-state index is 0.0325. The number of nitrogens with zero attached hydrogens (tertiary/aromatic N) is 2. The lowest BCUT2D eigenvalue weighted by molar-refractivity contribution is 0.0690. The fourth-order valence-electron chi connectivity index (χ4n) is 1.84. The van der Waals surface area contributed by atoms with E-state index in [9.17, 15) is 15.0 Å². The predicted octanol–water partition coefficient (Wildman–Crippen LogP) is 0.452. The van der Waals surface area contributed by atoms with E-state index in [2.05, 4.69) is 10.3 Å². The lowest BCUT2D eigenvalue weighted by Gasteiger charge is -2.14. The molecule has 3 N–H and O–H groups in total. The second-order valence-electron chi connectivity index (χ2n) is 4.02. The highest BCUT2D eigenvalue weighted by Gasteiger charge is 2.20. The molecule has 0 spiro atoms. The number of hydrogen-bond donors (Lipinski definition) is 3. The number of carbonyl (C=O) groups is 1. The van der Waals surface area contributed by atoms with Crippen molar-refractivity contribution in [2.45, 2.75) is 6.04 Å². The topological polar surface area (TPSA) is 96.1 Å². The molecule has 7 heteroatoms. The molecule has 0 amide bonds. The Kier molecular flexibility index (Phi) is 3.98. The summed E-state index contributed by atoms with van der Waals surface area (Å²) < 4.78 is 6.42. The molecule has 0 bridgehead atoms. The minimum atomic E-state index is -1.09. The SMILES string of the molecule is COCC(CO)Nc1nc2ccccn2c1C(=O)O. The highest BCUT2D eigenvalue weighted by Crippen LogP contribution is 2.18. The summed E-state index contributed by atoms with van der Waals surface area (Å²) in [6, 6.07) is 4.80. The molecule has 19 heavy (non-hydrogen) atoms. The molecule has 1 atom stereocenters. The quantitative estimate of drug-likeness (QED) is 0.702. The van der Waals surface area contributed by atoms with Gasteiger partial charge < -0.3 is 20.3 Å². The molecule has 1 unspecified atom stereocenters. The van der Waals surface area contributed by atoms with Crippen LogP contribution in [-0.4, -0.2) is 51.9 Å². The van der Waals surface area contributed by atoms with Crippen LogP contribution in [0.25, 0.3) is 5.65 Å². The molecule has 2 rings (SSSR count). The summed E-state index contributed by atoms with van der Waals surface area (Å²) in [6.07, 6.45) is 1.63. The van der Waals surface area contributed by atoms with Crippen LogP contribution in [0.15, 0.2) is 24.4 Å².